The molecule has 2 aromatic heterocycles. The summed E-state index contributed by atoms with van der Waals surface area (Å²) < 4.78 is 1.75. The minimum atomic E-state index is -1.22. The van der Waals surface area contributed by atoms with Crippen LogP contribution >= 0.6 is 46.6 Å². The van der Waals surface area contributed by atoms with Gasteiger partial charge in [-0.15, -0.1) is 45.1 Å². The first-order valence-electron chi connectivity index (χ1n) is 9.06. The monoisotopic (exact) mass is 528 g/mol. The second-order valence-corrected chi connectivity index (χ2v) is 11.0. The zero-order valence-electron chi connectivity index (χ0n) is 16.7. The van der Waals surface area contributed by atoms with Crippen LogP contribution in [0.3, 0.4) is 0 Å². The number of hydrogen-bond donors (Lipinski definition) is 4. The number of oxime groups is 1. The number of aryl methyl sites for hydroxylation is 1. The molecule has 4 rings (SSSR count). The van der Waals surface area contributed by atoms with Crippen molar-refractivity contribution >= 4 is 75.2 Å². The van der Waals surface area contributed by atoms with Crippen LogP contribution in [0.2, 0.25) is 0 Å². The van der Waals surface area contributed by atoms with Crippen molar-refractivity contribution in [2.24, 2.45) is 12.2 Å². The smallest absolute Gasteiger partial charge is 0.353 e. The molecule has 2 atom stereocenters. The summed E-state index contributed by atoms with van der Waals surface area (Å²) in [7, 11) is 1.81. The Bertz CT molecular complexity index is 1180. The first-order chi connectivity index (χ1) is 15.8. The molecule has 17 heteroatoms. The number of nitrogen functional groups attached to an aromatic ring is 1. The van der Waals surface area contributed by atoms with Gasteiger partial charge in [0.25, 0.3) is 11.8 Å². The third-order valence-electron chi connectivity index (χ3n) is 4.59. The molecule has 2 aromatic rings. The van der Waals surface area contributed by atoms with Crippen LogP contribution in [0.5, 0.6) is 0 Å². The van der Waals surface area contributed by atoms with Gasteiger partial charge in [0.05, 0.1) is 5.08 Å². The minimum Gasteiger partial charge on any atom is -0.477 e. The van der Waals surface area contributed by atoms with E-state index in [1.165, 1.54) is 45.6 Å². The Balaban J connectivity index is 1.44. The first kappa shape index (κ1) is 23.4. The molecule has 0 aromatic carbocycles. The van der Waals surface area contributed by atoms with E-state index in [1.54, 1.807) is 17.9 Å². The van der Waals surface area contributed by atoms with Gasteiger partial charge in [0.1, 0.15) is 29.1 Å². The summed E-state index contributed by atoms with van der Waals surface area (Å²) in [6, 6.07) is -0.968. The predicted octanol–water partition coefficient (Wildman–Crippen LogP) is 0.211. The van der Waals surface area contributed by atoms with Gasteiger partial charge >= 0.3 is 5.97 Å². The van der Waals surface area contributed by atoms with Crippen LogP contribution in [0.1, 0.15) is 5.69 Å². The summed E-state index contributed by atoms with van der Waals surface area (Å²) in [5.74, 6) is -2.24. The van der Waals surface area contributed by atoms with Crippen molar-refractivity contribution in [3.05, 3.63) is 28.0 Å². The van der Waals surface area contributed by atoms with Crippen molar-refractivity contribution in [2.45, 2.75) is 16.6 Å². The summed E-state index contributed by atoms with van der Waals surface area (Å²) in [4.78, 5) is 42.9. The number of carboxylic acids is 1. The van der Waals surface area contributed by atoms with Crippen LogP contribution in [0.15, 0.2) is 32.6 Å². The molecule has 0 bridgehead atoms. The van der Waals surface area contributed by atoms with E-state index in [0.717, 1.165) is 11.3 Å². The number of fused-ring (bicyclic) bond motifs is 1. The van der Waals surface area contributed by atoms with E-state index in [1.807, 2.05) is 0 Å². The average molecular weight is 529 g/mol. The topological polar surface area (TPSA) is 189 Å². The van der Waals surface area contributed by atoms with Gasteiger partial charge in [0, 0.05) is 23.1 Å². The number of carbonyl (C=O) groups is 3. The highest BCUT2D eigenvalue weighted by molar-refractivity contribution is 8.18. The Morgan fingerprint density at radius 1 is 1.42 bits per heavy atom. The standard InChI is InChI=1S/C16H16N8O5S4/c1-23-4-18-21-16(23)33-5-32-7-3-30-13-9(12(26)24(13)10(7)14(27)28)20-11(25)8(22-29)6-2-31-15(17)19-6/h2,4,9,13,29H,3,5H2,1H3,(H2,17,19)(H,20,25)(H,27,28)/b22-8-/t9-,13+/m1/s1. The lowest BCUT2D eigenvalue weighted by Crippen LogP contribution is -2.71. The van der Waals surface area contributed by atoms with Crippen LogP contribution in [0, 0.1) is 0 Å². The summed E-state index contributed by atoms with van der Waals surface area (Å²) in [5, 5.41) is 34.4. The van der Waals surface area contributed by atoms with Crippen molar-refractivity contribution in [3.8, 4) is 0 Å². The summed E-state index contributed by atoms with van der Waals surface area (Å²) in [6.45, 7) is 0. The second-order valence-electron chi connectivity index (χ2n) is 6.59. The molecule has 33 heavy (non-hydrogen) atoms. The molecule has 0 unspecified atom stereocenters. The highest BCUT2D eigenvalue weighted by Gasteiger charge is 2.54. The normalized spacial score (nSPS) is 20.5. The first-order valence-corrected chi connectivity index (χ1v) is 13.0. The maximum atomic E-state index is 12.8. The molecule has 0 radical (unpaired) electrons. The molecule has 1 fully saturated rings. The Labute approximate surface area is 202 Å². The fourth-order valence-corrected chi connectivity index (χ4v) is 7.26. The maximum absolute atomic E-state index is 12.8. The zero-order valence-corrected chi connectivity index (χ0v) is 20.0. The number of carboxylic acid groups (broad SMARTS) is 1. The number of carbonyl (C=O) groups excluding carboxylic acids is 2. The quantitative estimate of drug-likeness (QED) is 0.0911. The van der Waals surface area contributed by atoms with Crippen LogP contribution in [-0.2, 0) is 21.4 Å². The average Bonchev–Trinajstić information content (AvgIpc) is 3.39. The van der Waals surface area contributed by atoms with Crippen LogP contribution in [0.4, 0.5) is 5.13 Å². The number of thioether (sulfide) groups is 3. The van der Waals surface area contributed by atoms with Gasteiger partial charge in [-0.25, -0.2) is 9.78 Å². The van der Waals surface area contributed by atoms with E-state index in [9.17, 15) is 24.7 Å². The van der Waals surface area contributed by atoms with Crippen molar-refractivity contribution in [1.82, 2.24) is 30.0 Å². The molecule has 5 N–H and O–H groups in total. The number of anilines is 1. The van der Waals surface area contributed by atoms with Crippen LogP contribution in [0.25, 0.3) is 0 Å². The molecule has 174 valence electrons. The van der Waals surface area contributed by atoms with Gasteiger partial charge in [-0.3, -0.25) is 14.5 Å². The Kier molecular flexibility index (Phi) is 6.82. The van der Waals surface area contributed by atoms with E-state index in [2.05, 4.69) is 25.7 Å². The summed E-state index contributed by atoms with van der Waals surface area (Å²) in [6.07, 6.45) is 1.57. The lowest BCUT2D eigenvalue weighted by atomic mass is 10.0. The van der Waals surface area contributed by atoms with E-state index >= 15 is 0 Å². The molecule has 13 nitrogen and oxygen atoms in total. The van der Waals surface area contributed by atoms with E-state index in [-0.39, 0.29) is 22.2 Å². The number of β-lactam (4-membered cyclic amide) rings is 1. The maximum Gasteiger partial charge on any atom is 0.353 e. The fraction of sp³-hybridized carbons (Fsp3) is 0.312. The second kappa shape index (κ2) is 9.62. The third kappa shape index (κ3) is 4.53. The highest BCUT2D eigenvalue weighted by Crippen LogP contribution is 2.44. The number of hydrogen-bond acceptors (Lipinski definition) is 13. The highest BCUT2D eigenvalue weighted by atomic mass is 32.2. The number of nitrogens with one attached hydrogen (secondary N) is 1. The SMILES string of the molecule is Cn1cnnc1SCSC1=C(C(=O)O)N2C(=O)[C@@H](NC(=O)/C(=N\O)c3csc(N)n3)[C@@H]2SC1. The fourth-order valence-electron chi connectivity index (χ4n) is 3.08. The molecule has 2 amide bonds. The summed E-state index contributed by atoms with van der Waals surface area (Å²) in [5.41, 5.74) is 5.14. The Hall–Kier alpha value is -2.76. The number of thiazole rings is 1. The molecule has 0 saturated carbocycles. The van der Waals surface area contributed by atoms with E-state index in [0.29, 0.717) is 20.9 Å². The van der Waals surface area contributed by atoms with E-state index in [4.69, 9.17) is 5.73 Å². The number of aromatic nitrogens is 4. The molecule has 1 saturated heterocycles. The molecular formula is C16H16N8O5S4. The van der Waals surface area contributed by atoms with Gasteiger partial charge in [0.2, 0.25) is 0 Å². The van der Waals surface area contributed by atoms with Crippen LogP contribution < -0.4 is 11.1 Å². The van der Waals surface area contributed by atoms with Gasteiger partial charge in [-0.1, -0.05) is 16.9 Å². The molecule has 0 aliphatic carbocycles. The third-order valence-corrected chi connectivity index (χ3v) is 8.99. The van der Waals surface area contributed by atoms with Crippen molar-refractivity contribution in [3.63, 3.8) is 0 Å². The predicted molar refractivity (Wildman–Crippen MR) is 124 cm³/mol. The lowest BCUT2D eigenvalue weighted by molar-refractivity contribution is -0.150. The number of aliphatic carboxylic acids is 1. The molecule has 2 aliphatic heterocycles. The number of amides is 2. The van der Waals surface area contributed by atoms with Crippen molar-refractivity contribution in [1.29, 1.82) is 0 Å². The molecule has 2 aliphatic rings. The molecule has 0 spiro atoms. The minimum absolute atomic E-state index is 0.0719. The number of nitrogens with two attached hydrogens (primary N) is 1. The zero-order chi connectivity index (χ0) is 23.7. The lowest BCUT2D eigenvalue weighted by Gasteiger charge is -2.49. The van der Waals surface area contributed by atoms with Crippen molar-refractivity contribution in [2.75, 3.05) is 16.6 Å². The van der Waals surface area contributed by atoms with Gasteiger partial charge < -0.3 is 25.9 Å². The van der Waals surface area contributed by atoms with E-state index < -0.39 is 29.2 Å². The molecule has 4 heterocycles. The Morgan fingerprint density at radius 3 is 2.82 bits per heavy atom. The number of rotatable bonds is 8. The molecular weight excluding hydrogens is 512 g/mol. The van der Waals surface area contributed by atoms with Gasteiger partial charge in [-0.05, 0) is 0 Å². The summed E-state index contributed by atoms with van der Waals surface area (Å²) >= 11 is 5.11. The van der Waals surface area contributed by atoms with Gasteiger partial charge in [0.15, 0.2) is 16.0 Å². The van der Waals surface area contributed by atoms with Crippen LogP contribution in [-0.4, -0.2) is 80.7 Å². The largest absolute Gasteiger partial charge is 0.477 e. The Morgan fingerprint density at radius 2 is 2.21 bits per heavy atom. The van der Waals surface area contributed by atoms with Gasteiger partial charge in [-0.2, -0.15) is 0 Å². The van der Waals surface area contributed by atoms with Crippen molar-refractivity contribution < 1.29 is 24.7 Å². The number of nitrogens with zero attached hydrogens (tertiary/aromatic N) is 6.